The Morgan fingerprint density at radius 3 is 2.29 bits per heavy atom. The second-order valence-electron chi connectivity index (χ2n) is 10.4. The molecule has 0 aliphatic carbocycles. The molecule has 0 radical (unpaired) electrons. The van der Waals surface area contributed by atoms with Crippen LogP contribution in [0.15, 0.2) is 61.2 Å². The van der Waals surface area contributed by atoms with Crippen LogP contribution in [0.4, 0.5) is 4.79 Å². The molecule has 0 saturated carbocycles. The summed E-state index contributed by atoms with van der Waals surface area (Å²) < 4.78 is 18.2. The van der Waals surface area contributed by atoms with E-state index in [9.17, 15) is 9.90 Å². The Balaban J connectivity index is 1.48. The van der Waals surface area contributed by atoms with E-state index in [-0.39, 0.29) is 31.3 Å². The topological polar surface area (TPSA) is 80.3 Å². The van der Waals surface area contributed by atoms with E-state index in [0.29, 0.717) is 6.54 Å². The van der Waals surface area contributed by atoms with Gasteiger partial charge in [0, 0.05) is 24.6 Å². The standard InChI is InChI=1S/C31H42N2O5/c1-3-19-36-31(35)32-20-24-9-15-27(16-10-24)30-37-28(21-33-17-7-5-4-6-8-18-33)23(2)29(38-30)26-13-11-25(22-34)12-14-26/h3,9-16,23,28-30,34H,1,4-8,17-22H2,2H3,(H,32,35). The first-order chi connectivity index (χ1) is 18.6. The summed E-state index contributed by atoms with van der Waals surface area (Å²) in [4.78, 5) is 14.3. The van der Waals surface area contributed by atoms with Gasteiger partial charge in [0.15, 0.2) is 6.29 Å². The van der Waals surface area contributed by atoms with Gasteiger partial charge in [-0.05, 0) is 42.6 Å². The number of amides is 1. The van der Waals surface area contributed by atoms with Crippen molar-refractivity contribution in [2.24, 2.45) is 5.92 Å². The minimum absolute atomic E-state index is 0.0247. The molecule has 1 amide bonds. The summed E-state index contributed by atoms with van der Waals surface area (Å²) in [5, 5.41) is 12.2. The summed E-state index contributed by atoms with van der Waals surface area (Å²) in [6, 6.07) is 16.0. The summed E-state index contributed by atoms with van der Waals surface area (Å²) in [7, 11) is 0. The molecule has 0 aromatic heterocycles. The van der Waals surface area contributed by atoms with Gasteiger partial charge in [-0.1, -0.05) is 87.4 Å². The van der Waals surface area contributed by atoms with Crippen LogP contribution in [0.5, 0.6) is 0 Å². The first-order valence-corrected chi connectivity index (χ1v) is 13.9. The molecule has 206 valence electrons. The van der Waals surface area contributed by atoms with E-state index in [1.165, 1.54) is 38.2 Å². The predicted molar refractivity (Wildman–Crippen MR) is 147 cm³/mol. The van der Waals surface area contributed by atoms with Gasteiger partial charge in [0.25, 0.3) is 0 Å². The molecule has 7 heteroatoms. The van der Waals surface area contributed by atoms with E-state index in [1.807, 2.05) is 36.4 Å². The lowest BCUT2D eigenvalue weighted by Gasteiger charge is -2.43. The highest BCUT2D eigenvalue weighted by molar-refractivity contribution is 5.67. The average molecular weight is 523 g/mol. The highest BCUT2D eigenvalue weighted by Gasteiger charge is 2.39. The molecular formula is C31H42N2O5. The normalized spacial score (nSPS) is 24.7. The van der Waals surface area contributed by atoms with Crippen LogP contribution in [0.25, 0.3) is 0 Å². The number of hydrogen-bond donors (Lipinski definition) is 2. The molecule has 4 rings (SSSR count). The quantitative estimate of drug-likeness (QED) is 0.415. The largest absolute Gasteiger partial charge is 0.445 e. The summed E-state index contributed by atoms with van der Waals surface area (Å²) in [6.45, 7) is 9.47. The summed E-state index contributed by atoms with van der Waals surface area (Å²) in [5.74, 6) is 0.168. The fraction of sp³-hybridized carbons (Fsp3) is 0.516. The monoisotopic (exact) mass is 522 g/mol. The van der Waals surface area contributed by atoms with E-state index in [1.54, 1.807) is 0 Å². The highest BCUT2D eigenvalue weighted by Crippen LogP contribution is 2.42. The number of aliphatic hydroxyl groups is 1. The highest BCUT2D eigenvalue weighted by atomic mass is 16.7. The molecule has 7 nitrogen and oxygen atoms in total. The van der Waals surface area contributed by atoms with Gasteiger partial charge in [0.05, 0.1) is 18.8 Å². The van der Waals surface area contributed by atoms with E-state index in [2.05, 4.69) is 35.9 Å². The van der Waals surface area contributed by atoms with Crippen molar-refractivity contribution in [3.63, 3.8) is 0 Å². The van der Waals surface area contributed by atoms with Crippen molar-refractivity contribution in [1.29, 1.82) is 0 Å². The molecule has 2 N–H and O–H groups in total. The first kappa shape index (κ1) is 28.3. The Bertz CT molecular complexity index is 1000. The molecule has 38 heavy (non-hydrogen) atoms. The first-order valence-electron chi connectivity index (χ1n) is 13.9. The second-order valence-corrected chi connectivity index (χ2v) is 10.4. The van der Waals surface area contributed by atoms with Crippen molar-refractivity contribution in [3.05, 3.63) is 83.4 Å². The number of rotatable bonds is 9. The third kappa shape index (κ3) is 7.90. The Kier molecular flexibility index (Phi) is 10.8. The smallest absolute Gasteiger partial charge is 0.407 e. The number of ether oxygens (including phenoxy) is 3. The van der Waals surface area contributed by atoms with Crippen molar-refractivity contribution in [1.82, 2.24) is 10.2 Å². The summed E-state index contributed by atoms with van der Waals surface area (Å²) >= 11 is 0. The fourth-order valence-corrected chi connectivity index (χ4v) is 5.23. The number of alkyl carbamates (subject to hydrolysis) is 1. The molecule has 0 spiro atoms. The number of carbonyl (C=O) groups is 1. The molecule has 4 unspecified atom stereocenters. The maximum Gasteiger partial charge on any atom is 0.407 e. The van der Waals surface area contributed by atoms with Crippen LogP contribution in [0.2, 0.25) is 0 Å². The number of likely N-dealkylation sites (tertiary alicyclic amines) is 1. The number of benzene rings is 2. The number of carbonyl (C=O) groups excluding carboxylic acids is 1. The zero-order valence-corrected chi connectivity index (χ0v) is 22.5. The number of nitrogens with one attached hydrogen (secondary N) is 1. The zero-order chi connectivity index (χ0) is 26.7. The summed E-state index contributed by atoms with van der Waals surface area (Å²) in [6.07, 6.45) is 6.90. The van der Waals surface area contributed by atoms with Crippen molar-refractivity contribution >= 4 is 6.09 Å². The van der Waals surface area contributed by atoms with Crippen LogP contribution in [0.1, 0.15) is 73.7 Å². The van der Waals surface area contributed by atoms with Gasteiger partial charge in [-0.25, -0.2) is 4.79 Å². The Morgan fingerprint density at radius 1 is 1.00 bits per heavy atom. The van der Waals surface area contributed by atoms with Crippen molar-refractivity contribution in [2.45, 2.75) is 70.7 Å². The minimum Gasteiger partial charge on any atom is -0.445 e. The number of aliphatic hydroxyl groups excluding tert-OH is 1. The van der Waals surface area contributed by atoms with E-state index < -0.39 is 12.4 Å². The zero-order valence-electron chi connectivity index (χ0n) is 22.5. The average Bonchev–Trinajstić information content (AvgIpc) is 2.93. The van der Waals surface area contributed by atoms with Gasteiger partial charge in [0.1, 0.15) is 6.61 Å². The van der Waals surface area contributed by atoms with Crippen LogP contribution in [0.3, 0.4) is 0 Å². The molecule has 2 saturated heterocycles. The van der Waals surface area contributed by atoms with Gasteiger partial charge in [-0.15, -0.1) is 0 Å². The molecule has 2 aromatic rings. The molecule has 0 bridgehead atoms. The van der Waals surface area contributed by atoms with Crippen LogP contribution >= 0.6 is 0 Å². The van der Waals surface area contributed by atoms with Crippen LogP contribution < -0.4 is 5.32 Å². The molecule has 2 fully saturated rings. The predicted octanol–water partition coefficient (Wildman–Crippen LogP) is 5.65. The van der Waals surface area contributed by atoms with Gasteiger partial charge in [0.2, 0.25) is 0 Å². The van der Waals surface area contributed by atoms with E-state index in [4.69, 9.17) is 14.2 Å². The lowest BCUT2D eigenvalue weighted by atomic mass is 9.89. The number of nitrogens with zero attached hydrogens (tertiary/aromatic N) is 1. The third-order valence-electron chi connectivity index (χ3n) is 7.53. The van der Waals surface area contributed by atoms with Gasteiger partial charge >= 0.3 is 6.09 Å². The van der Waals surface area contributed by atoms with Crippen molar-refractivity contribution in [3.8, 4) is 0 Å². The minimum atomic E-state index is -0.493. The lowest BCUT2D eigenvalue weighted by Crippen LogP contribution is -2.45. The Morgan fingerprint density at radius 2 is 1.63 bits per heavy atom. The third-order valence-corrected chi connectivity index (χ3v) is 7.53. The van der Waals surface area contributed by atoms with Crippen LogP contribution in [0, 0.1) is 5.92 Å². The second kappa shape index (κ2) is 14.4. The molecular weight excluding hydrogens is 480 g/mol. The maximum absolute atomic E-state index is 11.7. The van der Waals surface area contributed by atoms with Crippen molar-refractivity contribution < 1.29 is 24.1 Å². The molecule has 4 atom stereocenters. The molecule has 2 aromatic carbocycles. The Labute approximate surface area is 226 Å². The van der Waals surface area contributed by atoms with Crippen LogP contribution in [-0.2, 0) is 27.4 Å². The SMILES string of the molecule is C=CCOC(=O)NCc1ccc(C2OC(CN3CCCCCCC3)C(C)C(c3ccc(CO)cc3)O2)cc1. The molecule has 2 heterocycles. The fourth-order valence-electron chi connectivity index (χ4n) is 5.23. The van der Waals surface area contributed by atoms with Gasteiger partial charge < -0.3 is 29.5 Å². The van der Waals surface area contributed by atoms with Crippen molar-refractivity contribution in [2.75, 3.05) is 26.2 Å². The Hall–Kier alpha value is -2.71. The van der Waals surface area contributed by atoms with Crippen LogP contribution in [-0.4, -0.2) is 48.4 Å². The van der Waals surface area contributed by atoms with Gasteiger partial charge in [-0.3, -0.25) is 0 Å². The van der Waals surface area contributed by atoms with Gasteiger partial charge in [-0.2, -0.15) is 0 Å². The van der Waals surface area contributed by atoms with E-state index in [0.717, 1.165) is 41.9 Å². The molecule has 2 aliphatic rings. The van der Waals surface area contributed by atoms with E-state index >= 15 is 0 Å². The maximum atomic E-state index is 11.7. The molecule has 2 aliphatic heterocycles. The number of hydrogen-bond acceptors (Lipinski definition) is 6. The lowest BCUT2D eigenvalue weighted by molar-refractivity contribution is -0.276. The summed E-state index contributed by atoms with van der Waals surface area (Å²) in [5.41, 5.74) is 3.89.